The van der Waals surface area contributed by atoms with Gasteiger partial charge in [-0.05, 0) is 31.0 Å². The molecule has 2 saturated heterocycles. The zero-order chi connectivity index (χ0) is 15.5. The number of nitrogens with one attached hydrogen (secondary N) is 1. The summed E-state index contributed by atoms with van der Waals surface area (Å²) < 4.78 is 11.5. The van der Waals surface area contributed by atoms with Crippen LogP contribution in [0.2, 0.25) is 0 Å². The van der Waals surface area contributed by atoms with Crippen LogP contribution >= 0.6 is 0 Å². The van der Waals surface area contributed by atoms with Gasteiger partial charge in [0.1, 0.15) is 12.4 Å². The fraction of sp³-hybridized carbons (Fsp3) is 0.588. The number of carbonyl (C=O) groups is 1. The number of rotatable bonds is 4. The van der Waals surface area contributed by atoms with Gasteiger partial charge in [0.25, 0.3) is 0 Å². The van der Waals surface area contributed by atoms with E-state index >= 15 is 0 Å². The molecule has 2 fully saturated rings. The first-order valence-corrected chi connectivity index (χ1v) is 7.93. The lowest BCUT2D eigenvalue weighted by Gasteiger charge is -2.27. The van der Waals surface area contributed by atoms with Gasteiger partial charge in [0.2, 0.25) is 5.91 Å². The van der Waals surface area contributed by atoms with Crippen molar-refractivity contribution in [2.45, 2.75) is 19.9 Å². The largest absolute Gasteiger partial charge is 0.492 e. The number of hydrogen-bond acceptors (Lipinski definition) is 4. The van der Waals surface area contributed by atoms with E-state index in [1.54, 1.807) is 0 Å². The van der Waals surface area contributed by atoms with Crippen molar-refractivity contribution in [2.75, 3.05) is 39.5 Å². The zero-order valence-electron chi connectivity index (χ0n) is 13.3. The van der Waals surface area contributed by atoms with Crippen LogP contribution in [0.25, 0.3) is 0 Å². The van der Waals surface area contributed by atoms with Gasteiger partial charge in [-0.3, -0.25) is 9.69 Å². The zero-order valence-corrected chi connectivity index (χ0v) is 13.3. The maximum atomic E-state index is 12.0. The summed E-state index contributed by atoms with van der Waals surface area (Å²) in [5, 5.41) is 3.05. The molecule has 1 aromatic carbocycles. The van der Waals surface area contributed by atoms with E-state index in [0.717, 1.165) is 25.4 Å². The SMILES string of the molecule is Cc1cccc(OCCN2C[C@H]3COC[C@@H](C2)C(=O)N3)c1C. The second-order valence-corrected chi connectivity index (χ2v) is 6.25. The monoisotopic (exact) mass is 304 g/mol. The minimum Gasteiger partial charge on any atom is -0.492 e. The third-order valence-corrected chi connectivity index (χ3v) is 4.53. The number of aryl methyl sites for hydroxylation is 1. The fourth-order valence-electron chi connectivity index (χ4n) is 3.07. The standard InChI is InChI=1S/C17H24N2O3/c1-12-4-3-5-16(13(12)2)22-7-6-19-8-14-10-21-11-15(9-19)18-17(14)20/h3-5,14-15H,6-11H2,1-2H3,(H,18,20)/t14-,15+/m1/s1. The van der Waals surface area contributed by atoms with Crippen molar-refractivity contribution in [2.24, 2.45) is 5.92 Å². The maximum absolute atomic E-state index is 12.0. The van der Waals surface area contributed by atoms with Crippen LogP contribution in [0.5, 0.6) is 5.75 Å². The van der Waals surface area contributed by atoms with E-state index in [-0.39, 0.29) is 17.9 Å². The predicted molar refractivity (Wildman–Crippen MR) is 84.1 cm³/mol. The Kier molecular flexibility index (Phi) is 4.64. The maximum Gasteiger partial charge on any atom is 0.227 e. The van der Waals surface area contributed by atoms with E-state index in [0.29, 0.717) is 19.8 Å². The molecule has 120 valence electrons. The van der Waals surface area contributed by atoms with Crippen molar-refractivity contribution in [3.8, 4) is 5.75 Å². The Hall–Kier alpha value is -1.59. The summed E-state index contributed by atoms with van der Waals surface area (Å²) >= 11 is 0. The van der Waals surface area contributed by atoms with Crippen LogP contribution < -0.4 is 10.1 Å². The Labute approximate surface area is 131 Å². The van der Waals surface area contributed by atoms with Gasteiger partial charge >= 0.3 is 0 Å². The van der Waals surface area contributed by atoms with Crippen LogP contribution in [-0.4, -0.2) is 56.3 Å². The van der Waals surface area contributed by atoms with E-state index in [9.17, 15) is 4.79 Å². The van der Waals surface area contributed by atoms with Crippen LogP contribution in [0.4, 0.5) is 0 Å². The summed E-state index contributed by atoms with van der Waals surface area (Å²) in [6.07, 6.45) is 0. The molecule has 0 unspecified atom stereocenters. The van der Waals surface area contributed by atoms with Crippen LogP contribution in [0.3, 0.4) is 0 Å². The van der Waals surface area contributed by atoms with Crippen molar-refractivity contribution in [1.29, 1.82) is 0 Å². The average molecular weight is 304 g/mol. The molecule has 1 N–H and O–H groups in total. The van der Waals surface area contributed by atoms with E-state index < -0.39 is 0 Å². The number of benzene rings is 1. The highest BCUT2D eigenvalue weighted by molar-refractivity contribution is 5.79. The molecule has 2 heterocycles. The molecule has 2 bridgehead atoms. The summed E-state index contributed by atoms with van der Waals surface area (Å²) in [6.45, 7) is 8.36. The molecule has 2 aliphatic heterocycles. The Morgan fingerprint density at radius 2 is 2.18 bits per heavy atom. The Morgan fingerprint density at radius 3 is 3.05 bits per heavy atom. The van der Waals surface area contributed by atoms with Crippen molar-refractivity contribution in [1.82, 2.24) is 10.2 Å². The second-order valence-electron chi connectivity index (χ2n) is 6.25. The lowest BCUT2D eigenvalue weighted by Crippen LogP contribution is -2.43. The topological polar surface area (TPSA) is 50.8 Å². The van der Waals surface area contributed by atoms with Gasteiger partial charge in [-0.25, -0.2) is 0 Å². The van der Waals surface area contributed by atoms with E-state index in [2.05, 4.69) is 30.1 Å². The van der Waals surface area contributed by atoms with Crippen molar-refractivity contribution in [3.05, 3.63) is 29.3 Å². The quantitative estimate of drug-likeness (QED) is 0.906. The molecule has 0 spiro atoms. The number of ether oxygens (including phenoxy) is 2. The smallest absolute Gasteiger partial charge is 0.227 e. The molecule has 0 aromatic heterocycles. The highest BCUT2D eigenvalue weighted by atomic mass is 16.5. The van der Waals surface area contributed by atoms with Gasteiger partial charge < -0.3 is 14.8 Å². The predicted octanol–water partition coefficient (Wildman–Crippen LogP) is 1.13. The lowest BCUT2D eigenvalue weighted by molar-refractivity contribution is -0.125. The fourth-order valence-corrected chi connectivity index (χ4v) is 3.07. The molecule has 2 atom stereocenters. The van der Waals surface area contributed by atoms with Gasteiger partial charge in [0.05, 0.1) is 25.2 Å². The van der Waals surface area contributed by atoms with E-state index in [4.69, 9.17) is 9.47 Å². The number of amides is 1. The number of nitrogens with zero attached hydrogens (tertiary/aromatic N) is 1. The molecule has 5 nitrogen and oxygen atoms in total. The normalized spacial score (nSPS) is 25.5. The molecule has 5 heteroatoms. The lowest BCUT2D eigenvalue weighted by atomic mass is 10.1. The second kappa shape index (κ2) is 6.67. The first-order chi connectivity index (χ1) is 10.6. The first kappa shape index (κ1) is 15.3. The van der Waals surface area contributed by atoms with Crippen LogP contribution in [0.1, 0.15) is 11.1 Å². The summed E-state index contributed by atoms with van der Waals surface area (Å²) in [4.78, 5) is 14.3. The Bertz CT molecular complexity index is 547. The van der Waals surface area contributed by atoms with Gasteiger partial charge in [-0.1, -0.05) is 12.1 Å². The van der Waals surface area contributed by atoms with Crippen molar-refractivity contribution >= 4 is 5.91 Å². The molecular weight excluding hydrogens is 280 g/mol. The summed E-state index contributed by atoms with van der Waals surface area (Å²) in [7, 11) is 0. The first-order valence-electron chi connectivity index (χ1n) is 7.93. The van der Waals surface area contributed by atoms with E-state index in [1.807, 2.05) is 12.1 Å². The van der Waals surface area contributed by atoms with Gasteiger partial charge in [0.15, 0.2) is 0 Å². The van der Waals surface area contributed by atoms with Gasteiger partial charge in [0, 0.05) is 19.6 Å². The van der Waals surface area contributed by atoms with Gasteiger partial charge in [-0.15, -0.1) is 0 Å². The highest BCUT2D eigenvalue weighted by Crippen LogP contribution is 2.20. The number of hydrogen-bond donors (Lipinski definition) is 1. The third-order valence-electron chi connectivity index (χ3n) is 4.53. The summed E-state index contributed by atoms with van der Waals surface area (Å²) in [5.74, 6) is 1.02. The molecule has 1 amide bonds. The molecule has 2 aliphatic rings. The molecule has 22 heavy (non-hydrogen) atoms. The Balaban J connectivity index is 1.55. The molecule has 0 aliphatic carbocycles. The molecule has 3 rings (SSSR count). The molecule has 1 aromatic rings. The molecular formula is C17H24N2O3. The highest BCUT2D eigenvalue weighted by Gasteiger charge is 2.32. The molecule has 0 radical (unpaired) electrons. The third kappa shape index (κ3) is 3.42. The summed E-state index contributed by atoms with van der Waals surface area (Å²) in [6, 6.07) is 6.22. The number of carbonyl (C=O) groups excluding carboxylic acids is 1. The summed E-state index contributed by atoms with van der Waals surface area (Å²) in [5.41, 5.74) is 2.44. The van der Waals surface area contributed by atoms with Gasteiger partial charge in [-0.2, -0.15) is 0 Å². The Morgan fingerprint density at radius 1 is 1.32 bits per heavy atom. The number of fused-ring (bicyclic) bond motifs is 3. The van der Waals surface area contributed by atoms with E-state index in [1.165, 1.54) is 11.1 Å². The molecule has 0 saturated carbocycles. The van der Waals surface area contributed by atoms with Crippen LogP contribution in [0, 0.1) is 19.8 Å². The minimum atomic E-state index is -0.0618. The van der Waals surface area contributed by atoms with Crippen LogP contribution in [0.15, 0.2) is 18.2 Å². The van der Waals surface area contributed by atoms with Crippen molar-refractivity contribution < 1.29 is 14.3 Å². The van der Waals surface area contributed by atoms with Crippen molar-refractivity contribution in [3.63, 3.8) is 0 Å². The average Bonchev–Trinajstić information content (AvgIpc) is 2.72. The van der Waals surface area contributed by atoms with Crippen LogP contribution in [-0.2, 0) is 9.53 Å². The minimum absolute atomic E-state index is 0.0618.